The van der Waals surface area contributed by atoms with Crippen LogP contribution in [0.1, 0.15) is 18.5 Å². The van der Waals surface area contributed by atoms with Crippen molar-refractivity contribution in [2.24, 2.45) is 0 Å². The molecule has 104 valence electrons. The van der Waals surface area contributed by atoms with Gasteiger partial charge in [0.1, 0.15) is 17.3 Å². The molecule has 5 heteroatoms. The number of pyridine rings is 1. The zero-order valence-electron chi connectivity index (χ0n) is 10.8. The lowest BCUT2D eigenvalue weighted by Gasteiger charge is -2.08. The minimum absolute atomic E-state index is 0.334. The number of ether oxygens (including phenoxy) is 1. The third-order valence-electron chi connectivity index (χ3n) is 3.01. The van der Waals surface area contributed by atoms with Crippen molar-refractivity contribution >= 4 is 15.9 Å². The highest BCUT2D eigenvalue weighted by Crippen LogP contribution is 2.26. The molecular weight excluding hydrogens is 323 g/mol. The highest BCUT2D eigenvalue weighted by molar-refractivity contribution is 9.10. The number of aromatic nitrogens is 1. The molecule has 1 heterocycles. The molecule has 0 amide bonds. The van der Waals surface area contributed by atoms with Gasteiger partial charge in [-0.15, -0.1) is 0 Å². The molecule has 3 rings (SSSR count). The van der Waals surface area contributed by atoms with Gasteiger partial charge in [0, 0.05) is 35.4 Å². The van der Waals surface area contributed by atoms with Crippen molar-refractivity contribution in [2.45, 2.75) is 25.4 Å². The van der Waals surface area contributed by atoms with Gasteiger partial charge < -0.3 is 10.1 Å². The Bertz CT molecular complexity index is 596. The third kappa shape index (κ3) is 3.77. The van der Waals surface area contributed by atoms with Crippen LogP contribution in [0, 0.1) is 5.82 Å². The van der Waals surface area contributed by atoms with Crippen LogP contribution in [0.25, 0.3) is 0 Å². The first kappa shape index (κ1) is 13.5. The average Bonchev–Trinajstić information content (AvgIpc) is 3.19. The lowest BCUT2D eigenvalue weighted by molar-refractivity contribution is 0.474. The molecule has 0 saturated heterocycles. The standard InChI is InChI=1S/C15H14BrFN2O/c16-10-5-11(17)7-15(6-10)20-14-3-4-18-13(8-14)9-19-12-1-2-12/h3-8,12,19H,1-2,9H2. The Hall–Kier alpha value is -1.46. The van der Waals surface area contributed by atoms with E-state index in [1.807, 2.05) is 6.07 Å². The molecule has 0 aliphatic heterocycles. The Labute approximate surface area is 125 Å². The van der Waals surface area contributed by atoms with Gasteiger partial charge in [-0.1, -0.05) is 15.9 Å². The number of benzene rings is 1. The summed E-state index contributed by atoms with van der Waals surface area (Å²) in [5.74, 6) is 0.785. The molecule has 1 N–H and O–H groups in total. The lowest BCUT2D eigenvalue weighted by atomic mass is 10.3. The molecule has 1 fully saturated rings. The smallest absolute Gasteiger partial charge is 0.131 e. The Balaban J connectivity index is 1.70. The molecular formula is C15H14BrFN2O. The van der Waals surface area contributed by atoms with E-state index in [4.69, 9.17) is 4.74 Å². The Morgan fingerprint density at radius 1 is 1.25 bits per heavy atom. The fourth-order valence-electron chi connectivity index (χ4n) is 1.88. The molecule has 1 aliphatic rings. The van der Waals surface area contributed by atoms with Gasteiger partial charge in [0.05, 0.1) is 5.69 Å². The second kappa shape index (κ2) is 5.89. The lowest BCUT2D eigenvalue weighted by Crippen LogP contribution is -2.16. The number of nitrogens with zero attached hydrogens (tertiary/aromatic N) is 1. The van der Waals surface area contributed by atoms with Gasteiger partial charge in [-0.2, -0.15) is 0 Å². The van der Waals surface area contributed by atoms with Crippen molar-refractivity contribution in [3.63, 3.8) is 0 Å². The van der Waals surface area contributed by atoms with Crippen LogP contribution in [0.5, 0.6) is 11.5 Å². The molecule has 1 aliphatic carbocycles. The molecule has 0 spiro atoms. The van der Waals surface area contributed by atoms with Gasteiger partial charge in [-0.05, 0) is 31.0 Å². The summed E-state index contributed by atoms with van der Waals surface area (Å²) in [6, 6.07) is 8.75. The fourth-order valence-corrected chi connectivity index (χ4v) is 2.32. The monoisotopic (exact) mass is 336 g/mol. The number of halogens is 2. The van der Waals surface area contributed by atoms with Gasteiger partial charge >= 0.3 is 0 Å². The number of rotatable bonds is 5. The van der Waals surface area contributed by atoms with E-state index in [0.717, 1.165) is 12.2 Å². The van der Waals surface area contributed by atoms with Gasteiger partial charge in [-0.3, -0.25) is 4.98 Å². The van der Waals surface area contributed by atoms with Gasteiger partial charge in [0.2, 0.25) is 0 Å². The first-order chi connectivity index (χ1) is 9.69. The van der Waals surface area contributed by atoms with Crippen molar-refractivity contribution in [2.75, 3.05) is 0 Å². The first-order valence-corrected chi connectivity index (χ1v) is 7.30. The molecule has 0 unspecified atom stereocenters. The summed E-state index contributed by atoms with van der Waals surface area (Å²) in [6.45, 7) is 0.731. The minimum Gasteiger partial charge on any atom is -0.457 e. The maximum Gasteiger partial charge on any atom is 0.131 e. The van der Waals surface area contributed by atoms with Crippen molar-refractivity contribution < 1.29 is 9.13 Å². The molecule has 2 aromatic rings. The summed E-state index contributed by atoms with van der Waals surface area (Å²) in [4.78, 5) is 4.29. The van der Waals surface area contributed by atoms with Crippen LogP contribution in [-0.2, 0) is 6.54 Å². The number of nitrogens with one attached hydrogen (secondary N) is 1. The van der Waals surface area contributed by atoms with E-state index in [2.05, 4.69) is 26.2 Å². The zero-order chi connectivity index (χ0) is 13.9. The SMILES string of the molecule is Fc1cc(Br)cc(Oc2ccnc(CNC3CC3)c2)c1. The normalized spacial score (nSPS) is 14.3. The predicted molar refractivity (Wildman–Crippen MR) is 78.3 cm³/mol. The van der Waals surface area contributed by atoms with E-state index in [1.54, 1.807) is 18.3 Å². The highest BCUT2D eigenvalue weighted by atomic mass is 79.9. The van der Waals surface area contributed by atoms with Crippen molar-refractivity contribution in [1.29, 1.82) is 0 Å². The van der Waals surface area contributed by atoms with Crippen molar-refractivity contribution in [1.82, 2.24) is 10.3 Å². The van der Waals surface area contributed by atoms with E-state index in [-0.39, 0.29) is 5.82 Å². The van der Waals surface area contributed by atoms with E-state index in [1.165, 1.54) is 25.0 Å². The predicted octanol–water partition coefficient (Wildman–Crippen LogP) is 4.03. The first-order valence-electron chi connectivity index (χ1n) is 6.51. The van der Waals surface area contributed by atoms with Crippen LogP contribution in [0.3, 0.4) is 0 Å². The third-order valence-corrected chi connectivity index (χ3v) is 3.47. The Kier molecular flexibility index (Phi) is 3.98. The molecule has 1 aromatic carbocycles. The van der Waals surface area contributed by atoms with Crippen LogP contribution in [0.2, 0.25) is 0 Å². The van der Waals surface area contributed by atoms with Crippen molar-refractivity contribution in [3.8, 4) is 11.5 Å². The second-order valence-electron chi connectivity index (χ2n) is 4.85. The summed E-state index contributed by atoms with van der Waals surface area (Å²) < 4.78 is 19.6. The quantitative estimate of drug-likeness (QED) is 0.895. The molecule has 0 atom stereocenters. The molecule has 1 saturated carbocycles. The van der Waals surface area contributed by atoms with Crippen LogP contribution in [0.15, 0.2) is 41.0 Å². The molecule has 0 bridgehead atoms. The van der Waals surface area contributed by atoms with Gasteiger partial charge in [-0.25, -0.2) is 4.39 Å². The highest BCUT2D eigenvalue weighted by Gasteiger charge is 2.20. The Morgan fingerprint density at radius 2 is 2.10 bits per heavy atom. The van der Waals surface area contributed by atoms with Crippen LogP contribution < -0.4 is 10.1 Å². The van der Waals surface area contributed by atoms with Crippen LogP contribution >= 0.6 is 15.9 Å². The molecule has 20 heavy (non-hydrogen) atoms. The molecule has 3 nitrogen and oxygen atoms in total. The van der Waals surface area contributed by atoms with Crippen LogP contribution in [0.4, 0.5) is 4.39 Å². The van der Waals surface area contributed by atoms with E-state index in [0.29, 0.717) is 22.0 Å². The Morgan fingerprint density at radius 3 is 2.85 bits per heavy atom. The topological polar surface area (TPSA) is 34.1 Å². The van der Waals surface area contributed by atoms with Gasteiger partial charge in [0.25, 0.3) is 0 Å². The summed E-state index contributed by atoms with van der Waals surface area (Å²) in [5.41, 5.74) is 0.921. The number of hydrogen-bond acceptors (Lipinski definition) is 3. The summed E-state index contributed by atoms with van der Waals surface area (Å²) >= 11 is 3.25. The summed E-state index contributed by atoms with van der Waals surface area (Å²) in [7, 11) is 0. The van der Waals surface area contributed by atoms with E-state index < -0.39 is 0 Å². The maximum atomic E-state index is 13.3. The van der Waals surface area contributed by atoms with Gasteiger partial charge in [0.15, 0.2) is 0 Å². The molecule has 1 aromatic heterocycles. The second-order valence-corrected chi connectivity index (χ2v) is 5.76. The maximum absolute atomic E-state index is 13.3. The summed E-state index contributed by atoms with van der Waals surface area (Å²) in [6.07, 6.45) is 4.19. The van der Waals surface area contributed by atoms with Crippen LogP contribution in [-0.4, -0.2) is 11.0 Å². The summed E-state index contributed by atoms with van der Waals surface area (Å²) in [5, 5.41) is 3.40. The largest absolute Gasteiger partial charge is 0.457 e. The van der Waals surface area contributed by atoms with E-state index >= 15 is 0 Å². The zero-order valence-corrected chi connectivity index (χ0v) is 12.4. The van der Waals surface area contributed by atoms with Crippen molar-refractivity contribution in [3.05, 3.63) is 52.5 Å². The number of hydrogen-bond donors (Lipinski definition) is 1. The average molecular weight is 337 g/mol. The minimum atomic E-state index is -0.334. The molecule has 0 radical (unpaired) electrons. The van der Waals surface area contributed by atoms with E-state index in [9.17, 15) is 4.39 Å². The fraction of sp³-hybridized carbons (Fsp3) is 0.267.